The second-order valence-electron chi connectivity index (χ2n) is 3.58. The Hall–Kier alpha value is -2.77. The van der Waals surface area contributed by atoms with Crippen molar-refractivity contribution in [3.8, 4) is 11.6 Å². The maximum Gasteiger partial charge on any atom is 0.349 e. The van der Waals surface area contributed by atoms with E-state index in [2.05, 4.69) is 20.3 Å². The molecule has 8 nitrogen and oxygen atoms in total. The van der Waals surface area contributed by atoms with Crippen LogP contribution in [0.1, 0.15) is 5.69 Å². The van der Waals surface area contributed by atoms with Gasteiger partial charge in [-0.2, -0.15) is 4.98 Å². The summed E-state index contributed by atoms with van der Waals surface area (Å²) in [5.74, 6) is 0.522. The van der Waals surface area contributed by atoms with Gasteiger partial charge in [0.2, 0.25) is 5.95 Å². The summed E-state index contributed by atoms with van der Waals surface area (Å²) in [6, 6.07) is 3.33. The third-order valence-corrected chi connectivity index (χ3v) is 2.32. The molecule has 2 aromatic heterocycles. The van der Waals surface area contributed by atoms with E-state index >= 15 is 0 Å². The molecule has 2 aromatic rings. The van der Waals surface area contributed by atoms with E-state index in [9.17, 15) is 10.1 Å². The Kier molecular flexibility index (Phi) is 3.51. The topological polar surface area (TPSA) is 103 Å². The highest BCUT2D eigenvalue weighted by atomic mass is 16.6. The standard InChI is InChI=1S/C11H11N5O3/c1-7-9(4-3-5-13-7)19-10-8(16(17)18)6-14-11(12-2)15-10/h3-6H,1-2H3,(H,12,14,15). The monoisotopic (exact) mass is 261 g/mol. The van der Waals surface area contributed by atoms with E-state index in [1.165, 1.54) is 0 Å². The molecule has 1 N–H and O–H groups in total. The minimum atomic E-state index is -0.597. The van der Waals surface area contributed by atoms with E-state index < -0.39 is 4.92 Å². The molecule has 0 saturated carbocycles. The summed E-state index contributed by atoms with van der Waals surface area (Å²) in [4.78, 5) is 22.1. The number of hydrogen-bond acceptors (Lipinski definition) is 7. The van der Waals surface area contributed by atoms with Gasteiger partial charge in [0.15, 0.2) is 5.75 Å². The summed E-state index contributed by atoms with van der Waals surface area (Å²) < 4.78 is 5.45. The molecule has 0 aliphatic heterocycles. The first-order valence-electron chi connectivity index (χ1n) is 5.40. The van der Waals surface area contributed by atoms with Crippen molar-refractivity contribution in [3.05, 3.63) is 40.3 Å². The van der Waals surface area contributed by atoms with Gasteiger partial charge in [0.1, 0.15) is 6.20 Å². The van der Waals surface area contributed by atoms with Crippen molar-refractivity contribution in [1.82, 2.24) is 15.0 Å². The fourth-order valence-electron chi connectivity index (χ4n) is 1.36. The molecule has 19 heavy (non-hydrogen) atoms. The van der Waals surface area contributed by atoms with Crippen LogP contribution < -0.4 is 10.1 Å². The van der Waals surface area contributed by atoms with Crippen molar-refractivity contribution < 1.29 is 9.66 Å². The van der Waals surface area contributed by atoms with Gasteiger partial charge in [-0.15, -0.1) is 0 Å². The zero-order valence-corrected chi connectivity index (χ0v) is 10.3. The lowest BCUT2D eigenvalue weighted by molar-refractivity contribution is -0.386. The molecule has 0 aromatic carbocycles. The van der Waals surface area contributed by atoms with E-state index in [0.29, 0.717) is 11.4 Å². The number of pyridine rings is 1. The minimum absolute atomic E-state index is 0.125. The Morgan fingerprint density at radius 2 is 2.21 bits per heavy atom. The molecule has 2 heterocycles. The van der Waals surface area contributed by atoms with Crippen LogP contribution in [0.3, 0.4) is 0 Å². The van der Waals surface area contributed by atoms with Crippen molar-refractivity contribution in [2.45, 2.75) is 6.92 Å². The highest BCUT2D eigenvalue weighted by Crippen LogP contribution is 2.30. The van der Waals surface area contributed by atoms with Gasteiger partial charge in [-0.05, 0) is 19.1 Å². The average Bonchev–Trinajstić information content (AvgIpc) is 2.41. The molecule has 98 valence electrons. The Morgan fingerprint density at radius 3 is 2.84 bits per heavy atom. The molecule has 0 aliphatic carbocycles. The lowest BCUT2D eigenvalue weighted by Gasteiger charge is -2.07. The van der Waals surface area contributed by atoms with E-state index in [0.717, 1.165) is 6.20 Å². The molecule has 2 rings (SSSR count). The highest BCUT2D eigenvalue weighted by Gasteiger charge is 2.20. The molecular weight excluding hydrogens is 250 g/mol. The summed E-state index contributed by atoms with van der Waals surface area (Å²) in [6.07, 6.45) is 2.70. The normalized spacial score (nSPS) is 10.0. The van der Waals surface area contributed by atoms with Crippen LogP contribution >= 0.6 is 0 Å². The third kappa shape index (κ3) is 2.73. The molecule has 0 aliphatic rings. The van der Waals surface area contributed by atoms with Crippen LogP contribution in [-0.4, -0.2) is 26.9 Å². The van der Waals surface area contributed by atoms with Gasteiger partial charge in [-0.25, -0.2) is 4.98 Å². The number of rotatable bonds is 4. The SMILES string of the molecule is CNc1ncc([N+](=O)[O-])c(Oc2cccnc2C)n1. The van der Waals surface area contributed by atoms with E-state index in [1.54, 1.807) is 32.3 Å². The highest BCUT2D eigenvalue weighted by molar-refractivity contribution is 5.45. The lowest BCUT2D eigenvalue weighted by atomic mass is 10.3. The van der Waals surface area contributed by atoms with Crippen LogP contribution in [0.4, 0.5) is 11.6 Å². The number of aryl methyl sites for hydroxylation is 1. The quantitative estimate of drug-likeness (QED) is 0.662. The van der Waals surface area contributed by atoms with Crippen molar-refractivity contribution in [3.63, 3.8) is 0 Å². The second-order valence-corrected chi connectivity index (χ2v) is 3.58. The van der Waals surface area contributed by atoms with Gasteiger partial charge in [-0.3, -0.25) is 15.1 Å². The Morgan fingerprint density at radius 1 is 1.42 bits per heavy atom. The Bertz CT molecular complexity index is 617. The van der Waals surface area contributed by atoms with E-state index in [1.807, 2.05) is 0 Å². The predicted octanol–water partition coefficient (Wildman–Crippen LogP) is 1.92. The van der Waals surface area contributed by atoms with Crippen molar-refractivity contribution in [2.24, 2.45) is 0 Å². The maximum atomic E-state index is 10.9. The van der Waals surface area contributed by atoms with Gasteiger partial charge in [0.25, 0.3) is 0 Å². The van der Waals surface area contributed by atoms with Gasteiger partial charge in [0, 0.05) is 13.2 Å². The van der Waals surface area contributed by atoms with Gasteiger partial charge in [0.05, 0.1) is 10.6 Å². The molecule has 0 saturated heterocycles. The summed E-state index contributed by atoms with van der Waals surface area (Å²) in [5, 5.41) is 13.6. The summed E-state index contributed by atoms with van der Waals surface area (Å²) in [7, 11) is 1.61. The molecule has 0 atom stereocenters. The fraction of sp³-hybridized carbons (Fsp3) is 0.182. The molecule has 0 amide bonds. The summed E-state index contributed by atoms with van der Waals surface area (Å²) >= 11 is 0. The van der Waals surface area contributed by atoms with Gasteiger partial charge >= 0.3 is 11.6 Å². The first-order valence-corrected chi connectivity index (χ1v) is 5.40. The second kappa shape index (κ2) is 5.25. The van der Waals surface area contributed by atoms with Crippen LogP contribution in [0.15, 0.2) is 24.5 Å². The van der Waals surface area contributed by atoms with E-state index in [-0.39, 0.29) is 17.5 Å². The zero-order chi connectivity index (χ0) is 13.8. The lowest BCUT2D eigenvalue weighted by Crippen LogP contribution is -2.02. The molecular formula is C11H11N5O3. The molecule has 0 radical (unpaired) electrons. The average molecular weight is 261 g/mol. The summed E-state index contributed by atoms with van der Waals surface area (Å²) in [5.41, 5.74) is 0.309. The number of nitrogens with one attached hydrogen (secondary N) is 1. The smallest absolute Gasteiger partial charge is 0.349 e. The predicted molar refractivity (Wildman–Crippen MR) is 67.3 cm³/mol. The number of nitro groups is 1. The number of hydrogen-bond donors (Lipinski definition) is 1. The van der Waals surface area contributed by atoms with Crippen LogP contribution in [0, 0.1) is 17.0 Å². The molecule has 8 heteroatoms. The van der Waals surface area contributed by atoms with Crippen molar-refractivity contribution in [1.29, 1.82) is 0 Å². The van der Waals surface area contributed by atoms with Crippen LogP contribution in [0.5, 0.6) is 11.6 Å². The van der Waals surface area contributed by atoms with Crippen LogP contribution in [0.2, 0.25) is 0 Å². The summed E-state index contributed by atoms with van der Waals surface area (Å²) in [6.45, 7) is 1.74. The largest absolute Gasteiger partial charge is 0.432 e. The van der Waals surface area contributed by atoms with Gasteiger partial charge < -0.3 is 10.1 Å². The Balaban J connectivity index is 2.43. The van der Waals surface area contributed by atoms with E-state index in [4.69, 9.17) is 4.74 Å². The molecule has 0 unspecified atom stereocenters. The molecule has 0 fully saturated rings. The van der Waals surface area contributed by atoms with Crippen LogP contribution in [-0.2, 0) is 0 Å². The first kappa shape index (κ1) is 12.7. The zero-order valence-electron chi connectivity index (χ0n) is 10.3. The molecule has 0 spiro atoms. The number of aromatic nitrogens is 3. The number of ether oxygens (including phenoxy) is 1. The maximum absolute atomic E-state index is 10.9. The van der Waals surface area contributed by atoms with Crippen molar-refractivity contribution >= 4 is 11.6 Å². The Labute approximate surface area is 108 Å². The van der Waals surface area contributed by atoms with Gasteiger partial charge in [-0.1, -0.05) is 0 Å². The van der Waals surface area contributed by atoms with Crippen molar-refractivity contribution in [2.75, 3.05) is 12.4 Å². The number of nitrogens with zero attached hydrogens (tertiary/aromatic N) is 4. The molecule has 0 bridgehead atoms. The number of anilines is 1. The minimum Gasteiger partial charge on any atom is -0.432 e. The fourth-order valence-corrected chi connectivity index (χ4v) is 1.36. The van der Waals surface area contributed by atoms with Crippen LogP contribution in [0.25, 0.3) is 0 Å². The first-order chi connectivity index (χ1) is 9.11. The third-order valence-electron chi connectivity index (χ3n) is 2.32.